The maximum atomic E-state index is 5.27. The third-order valence-electron chi connectivity index (χ3n) is 1.27. The molecule has 11 heavy (non-hydrogen) atoms. The molecule has 0 rings (SSSR count). The molecule has 0 aromatic carbocycles. The van der Waals surface area contributed by atoms with E-state index in [1.54, 1.807) is 6.20 Å². The topological polar surface area (TPSA) is 38.4 Å². The summed E-state index contributed by atoms with van der Waals surface area (Å²) in [6.07, 6.45) is 4.45. The van der Waals surface area contributed by atoms with E-state index < -0.39 is 0 Å². The zero-order valence-corrected chi connectivity index (χ0v) is 7.67. The van der Waals surface area contributed by atoms with Gasteiger partial charge in [0.05, 0.1) is 0 Å². The third-order valence-corrected chi connectivity index (χ3v) is 1.27. The van der Waals surface area contributed by atoms with Crippen LogP contribution in [0.25, 0.3) is 0 Å². The maximum absolute atomic E-state index is 5.27. The second-order valence-electron chi connectivity index (χ2n) is 2.92. The van der Waals surface area contributed by atoms with Crippen molar-refractivity contribution >= 4 is 5.71 Å². The van der Waals surface area contributed by atoms with E-state index in [1.807, 2.05) is 13.0 Å². The van der Waals surface area contributed by atoms with Gasteiger partial charge in [-0.25, -0.2) is 0 Å². The van der Waals surface area contributed by atoms with Gasteiger partial charge in [-0.1, -0.05) is 13.8 Å². The number of aliphatic imine (C=N–C) groups is 1. The van der Waals surface area contributed by atoms with E-state index in [0.29, 0.717) is 5.92 Å². The minimum absolute atomic E-state index is 0.650. The molecule has 0 spiro atoms. The zero-order chi connectivity index (χ0) is 8.69. The van der Waals surface area contributed by atoms with Crippen LogP contribution in [0.3, 0.4) is 0 Å². The van der Waals surface area contributed by atoms with Crippen LogP contribution in [0.4, 0.5) is 0 Å². The van der Waals surface area contributed by atoms with Crippen molar-refractivity contribution in [3.05, 3.63) is 12.3 Å². The quantitative estimate of drug-likeness (QED) is 0.618. The van der Waals surface area contributed by atoms with Gasteiger partial charge in [-0.05, 0) is 31.5 Å². The van der Waals surface area contributed by atoms with Gasteiger partial charge in [-0.15, -0.1) is 0 Å². The van der Waals surface area contributed by atoms with Crippen LogP contribution in [0, 0.1) is 5.92 Å². The normalized spacial score (nSPS) is 13.3. The molecule has 0 aliphatic rings. The van der Waals surface area contributed by atoms with E-state index in [4.69, 9.17) is 5.73 Å². The Balaban J connectivity index is 4.00. The Morgan fingerprint density at radius 3 is 2.55 bits per heavy atom. The van der Waals surface area contributed by atoms with Gasteiger partial charge in [0.25, 0.3) is 0 Å². The van der Waals surface area contributed by atoms with E-state index >= 15 is 0 Å². The lowest BCUT2D eigenvalue weighted by atomic mass is 10.1. The second kappa shape index (κ2) is 5.96. The first kappa shape index (κ1) is 10.2. The predicted molar refractivity (Wildman–Crippen MR) is 50.8 cm³/mol. The average Bonchev–Trinajstić information content (AvgIpc) is 1.87. The first-order chi connectivity index (χ1) is 5.20. The van der Waals surface area contributed by atoms with Crippen molar-refractivity contribution < 1.29 is 0 Å². The smallest absolute Gasteiger partial charge is 0.0364 e. The first-order valence-corrected chi connectivity index (χ1v) is 4.12. The number of allylic oxidation sites excluding steroid dienone is 1. The molecule has 0 aliphatic carbocycles. The van der Waals surface area contributed by atoms with Crippen molar-refractivity contribution in [1.82, 2.24) is 0 Å². The van der Waals surface area contributed by atoms with Crippen LogP contribution < -0.4 is 5.73 Å². The highest BCUT2D eigenvalue weighted by Gasteiger charge is 1.97. The number of nitrogens with two attached hydrogens (primary N) is 1. The Labute approximate surface area is 69.2 Å². The summed E-state index contributed by atoms with van der Waals surface area (Å²) in [5, 5.41) is 0. The van der Waals surface area contributed by atoms with Gasteiger partial charge in [-0.3, -0.25) is 4.99 Å². The van der Waals surface area contributed by atoms with E-state index in [2.05, 4.69) is 18.8 Å². The first-order valence-electron chi connectivity index (χ1n) is 4.12. The van der Waals surface area contributed by atoms with Gasteiger partial charge < -0.3 is 5.73 Å². The van der Waals surface area contributed by atoms with Gasteiger partial charge in [0.1, 0.15) is 0 Å². The summed E-state index contributed by atoms with van der Waals surface area (Å²) in [6, 6.07) is 0. The largest absolute Gasteiger partial charge is 0.405 e. The van der Waals surface area contributed by atoms with Crippen LogP contribution >= 0.6 is 0 Å². The maximum Gasteiger partial charge on any atom is 0.0364 e. The van der Waals surface area contributed by atoms with Gasteiger partial charge in [0, 0.05) is 12.3 Å². The van der Waals surface area contributed by atoms with Crippen molar-refractivity contribution in [1.29, 1.82) is 0 Å². The lowest BCUT2D eigenvalue weighted by molar-refractivity contribution is 0.683. The van der Waals surface area contributed by atoms with Gasteiger partial charge in [0.2, 0.25) is 0 Å². The molecule has 0 saturated heterocycles. The molecule has 0 amide bonds. The zero-order valence-electron chi connectivity index (χ0n) is 7.67. The molecule has 0 unspecified atom stereocenters. The molecule has 0 aromatic heterocycles. The van der Waals surface area contributed by atoms with Crippen molar-refractivity contribution in [2.45, 2.75) is 27.2 Å². The monoisotopic (exact) mass is 154 g/mol. The molecule has 0 aliphatic heterocycles. The molecule has 0 heterocycles. The fraction of sp³-hybridized carbons (Fsp3) is 0.667. The van der Waals surface area contributed by atoms with Crippen molar-refractivity contribution in [3.63, 3.8) is 0 Å². The molecule has 2 heteroatoms. The van der Waals surface area contributed by atoms with E-state index in [-0.39, 0.29) is 0 Å². The van der Waals surface area contributed by atoms with E-state index in [9.17, 15) is 0 Å². The molecule has 2 N–H and O–H groups in total. The summed E-state index contributed by atoms with van der Waals surface area (Å²) < 4.78 is 0. The highest BCUT2D eigenvalue weighted by atomic mass is 14.7. The lowest BCUT2D eigenvalue weighted by Crippen LogP contribution is -2.01. The number of hydrogen-bond acceptors (Lipinski definition) is 2. The summed E-state index contributed by atoms with van der Waals surface area (Å²) in [6.45, 7) is 7.22. The predicted octanol–water partition coefficient (Wildman–Crippen LogP) is 1.97. The van der Waals surface area contributed by atoms with Crippen molar-refractivity contribution in [2.24, 2.45) is 16.6 Å². The van der Waals surface area contributed by atoms with Crippen LogP contribution in [0.15, 0.2) is 17.3 Å². The number of rotatable bonds is 4. The summed E-state index contributed by atoms with van der Waals surface area (Å²) in [5.74, 6) is 0.650. The van der Waals surface area contributed by atoms with Crippen molar-refractivity contribution in [2.75, 3.05) is 6.54 Å². The van der Waals surface area contributed by atoms with Crippen LogP contribution in [-0.4, -0.2) is 12.3 Å². The standard InChI is InChI=1S/C9H18N2/c1-4-11-9(5-6-10)7-8(2)3/h5-6,8H,4,7,10H2,1-3H3. The fourth-order valence-electron chi connectivity index (χ4n) is 0.918. The summed E-state index contributed by atoms with van der Waals surface area (Å²) in [5.41, 5.74) is 6.38. The minimum Gasteiger partial charge on any atom is -0.405 e. The average molecular weight is 154 g/mol. The molecule has 2 nitrogen and oxygen atoms in total. The molecule has 0 radical (unpaired) electrons. The Kier molecular flexibility index (Phi) is 5.53. The van der Waals surface area contributed by atoms with Crippen LogP contribution in [0.2, 0.25) is 0 Å². The van der Waals surface area contributed by atoms with Gasteiger partial charge in [0.15, 0.2) is 0 Å². The Morgan fingerprint density at radius 1 is 1.55 bits per heavy atom. The van der Waals surface area contributed by atoms with Crippen LogP contribution in [-0.2, 0) is 0 Å². The Hall–Kier alpha value is -0.790. The van der Waals surface area contributed by atoms with E-state index in [1.165, 1.54) is 0 Å². The minimum atomic E-state index is 0.650. The lowest BCUT2D eigenvalue weighted by Gasteiger charge is -2.03. The Morgan fingerprint density at radius 2 is 2.18 bits per heavy atom. The fourth-order valence-corrected chi connectivity index (χ4v) is 0.918. The Bertz CT molecular complexity index is 146. The molecule has 0 saturated carbocycles. The highest BCUT2D eigenvalue weighted by Crippen LogP contribution is 2.02. The molecular weight excluding hydrogens is 136 g/mol. The number of hydrogen-bond donors (Lipinski definition) is 1. The van der Waals surface area contributed by atoms with Gasteiger partial charge in [-0.2, -0.15) is 0 Å². The molecule has 0 fully saturated rings. The SMILES string of the molecule is CCN=C(C=CN)CC(C)C. The highest BCUT2D eigenvalue weighted by molar-refractivity contribution is 5.94. The van der Waals surface area contributed by atoms with Crippen LogP contribution in [0.5, 0.6) is 0 Å². The molecule has 0 aromatic rings. The number of nitrogens with zero attached hydrogens (tertiary/aromatic N) is 1. The van der Waals surface area contributed by atoms with Crippen LogP contribution in [0.1, 0.15) is 27.2 Å². The van der Waals surface area contributed by atoms with E-state index in [0.717, 1.165) is 18.7 Å². The molecule has 64 valence electrons. The third kappa shape index (κ3) is 5.64. The van der Waals surface area contributed by atoms with Crippen molar-refractivity contribution in [3.8, 4) is 0 Å². The summed E-state index contributed by atoms with van der Waals surface area (Å²) >= 11 is 0. The second-order valence-corrected chi connectivity index (χ2v) is 2.92. The molecule has 0 bridgehead atoms. The molecule has 0 atom stereocenters. The molecular formula is C9H18N2. The van der Waals surface area contributed by atoms with Gasteiger partial charge >= 0.3 is 0 Å². The summed E-state index contributed by atoms with van der Waals surface area (Å²) in [7, 11) is 0. The summed E-state index contributed by atoms with van der Waals surface area (Å²) in [4.78, 5) is 4.30.